The van der Waals surface area contributed by atoms with Crippen LogP contribution in [-0.2, 0) is 6.54 Å². The van der Waals surface area contributed by atoms with Gasteiger partial charge in [0.05, 0.1) is 0 Å². The first-order valence-electron chi connectivity index (χ1n) is 6.53. The minimum Gasteiger partial charge on any atom is -0.366 e. The molecule has 0 atom stereocenters. The molecule has 20 heavy (non-hydrogen) atoms. The normalized spacial score (nSPS) is 10.4. The van der Waals surface area contributed by atoms with E-state index in [1.807, 2.05) is 30.0 Å². The number of nitrogens with one attached hydrogen (secondary N) is 1. The topological polar surface area (TPSA) is 55.1 Å². The van der Waals surface area contributed by atoms with E-state index in [9.17, 15) is 4.79 Å². The number of carbonyl (C=O) groups excluding carboxylic acids is 1. The number of carbonyl (C=O) groups is 1. The second-order valence-electron chi connectivity index (χ2n) is 4.40. The van der Waals surface area contributed by atoms with Gasteiger partial charge in [-0.1, -0.05) is 30.3 Å². The average molecular weight is 286 g/mol. The van der Waals surface area contributed by atoms with E-state index in [0.29, 0.717) is 5.56 Å². The van der Waals surface area contributed by atoms with E-state index in [-0.39, 0.29) is 5.91 Å². The zero-order chi connectivity index (χ0) is 14.2. The first kappa shape index (κ1) is 14.6. The van der Waals surface area contributed by atoms with E-state index in [0.717, 1.165) is 24.4 Å². The highest BCUT2D eigenvalue weighted by Crippen LogP contribution is 2.15. The van der Waals surface area contributed by atoms with Gasteiger partial charge in [0.15, 0.2) is 0 Å². The highest BCUT2D eigenvalue weighted by Gasteiger charge is 1.99. The molecule has 0 saturated carbocycles. The van der Waals surface area contributed by atoms with Crippen molar-refractivity contribution in [3.05, 3.63) is 65.7 Å². The fourth-order valence-corrected chi connectivity index (χ4v) is 2.61. The third-order valence-electron chi connectivity index (χ3n) is 2.86. The molecule has 2 rings (SSSR count). The molecule has 0 aliphatic rings. The SMILES string of the molecule is NC(=O)c1ccc(CNCCSc2ccccc2)cc1. The lowest BCUT2D eigenvalue weighted by Gasteiger charge is -2.05. The molecule has 4 heteroatoms. The van der Waals surface area contributed by atoms with Crippen LogP contribution in [0.1, 0.15) is 15.9 Å². The Morgan fingerprint density at radius 1 is 1.05 bits per heavy atom. The summed E-state index contributed by atoms with van der Waals surface area (Å²) in [6, 6.07) is 17.7. The number of hydrogen-bond donors (Lipinski definition) is 2. The largest absolute Gasteiger partial charge is 0.366 e. The first-order valence-corrected chi connectivity index (χ1v) is 7.51. The van der Waals surface area contributed by atoms with Crippen LogP contribution in [0.3, 0.4) is 0 Å². The fourth-order valence-electron chi connectivity index (χ4n) is 1.78. The fraction of sp³-hybridized carbons (Fsp3) is 0.188. The lowest BCUT2D eigenvalue weighted by atomic mass is 10.1. The van der Waals surface area contributed by atoms with Crippen molar-refractivity contribution in [1.29, 1.82) is 0 Å². The van der Waals surface area contributed by atoms with Crippen molar-refractivity contribution in [2.24, 2.45) is 5.73 Å². The first-order chi connectivity index (χ1) is 9.75. The zero-order valence-corrected chi connectivity index (χ0v) is 12.0. The van der Waals surface area contributed by atoms with Gasteiger partial charge in [0.25, 0.3) is 0 Å². The summed E-state index contributed by atoms with van der Waals surface area (Å²) >= 11 is 1.84. The van der Waals surface area contributed by atoms with Gasteiger partial charge in [-0.2, -0.15) is 0 Å². The van der Waals surface area contributed by atoms with Crippen LogP contribution in [0.5, 0.6) is 0 Å². The van der Waals surface area contributed by atoms with Gasteiger partial charge >= 0.3 is 0 Å². The number of rotatable bonds is 7. The van der Waals surface area contributed by atoms with Crippen LogP contribution < -0.4 is 11.1 Å². The Bertz CT molecular complexity index is 540. The molecular weight excluding hydrogens is 268 g/mol. The Kier molecular flexibility index (Phi) is 5.65. The van der Waals surface area contributed by atoms with E-state index in [2.05, 4.69) is 29.6 Å². The zero-order valence-electron chi connectivity index (χ0n) is 11.2. The van der Waals surface area contributed by atoms with Crippen molar-refractivity contribution in [1.82, 2.24) is 5.32 Å². The maximum atomic E-state index is 11.0. The van der Waals surface area contributed by atoms with Crippen LogP contribution in [-0.4, -0.2) is 18.2 Å². The molecule has 0 aliphatic heterocycles. The van der Waals surface area contributed by atoms with Crippen molar-refractivity contribution >= 4 is 17.7 Å². The summed E-state index contributed by atoms with van der Waals surface area (Å²) in [6.45, 7) is 1.74. The third kappa shape index (κ3) is 4.72. The molecule has 0 saturated heterocycles. The van der Waals surface area contributed by atoms with Crippen molar-refractivity contribution in [3.63, 3.8) is 0 Å². The maximum Gasteiger partial charge on any atom is 0.248 e. The van der Waals surface area contributed by atoms with Crippen LogP contribution >= 0.6 is 11.8 Å². The van der Waals surface area contributed by atoms with E-state index < -0.39 is 0 Å². The van der Waals surface area contributed by atoms with Gasteiger partial charge in [-0.25, -0.2) is 0 Å². The molecule has 2 aromatic rings. The average Bonchev–Trinajstić information content (AvgIpc) is 2.48. The molecule has 2 aromatic carbocycles. The summed E-state index contributed by atoms with van der Waals surface area (Å²) in [7, 11) is 0. The third-order valence-corrected chi connectivity index (χ3v) is 3.87. The van der Waals surface area contributed by atoms with E-state index >= 15 is 0 Å². The van der Waals surface area contributed by atoms with Crippen LogP contribution in [0.25, 0.3) is 0 Å². The Labute approximate surface area is 123 Å². The summed E-state index contributed by atoms with van der Waals surface area (Å²) in [5, 5.41) is 3.38. The van der Waals surface area contributed by atoms with E-state index in [4.69, 9.17) is 5.73 Å². The highest BCUT2D eigenvalue weighted by atomic mass is 32.2. The van der Waals surface area contributed by atoms with Crippen molar-refractivity contribution < 1.29 is 4.79 Å². The van der Waals surface area contributed by atoms with Crippen LogP contribution in [0.4, 0.5) is 0 Å². The molecule has 0 aliphatic carbocycles. The number of nitrogens with two attached hydrogens (primary N) is 1. The van der Waals surface area contributed by atoms with Gasteiger partial charge in [-0.15, -0.1) is 11.8 Å². The lowest BCUT2D eigenvalue weighted by molar-refractivity contribution is 0.100. The minimum absolute atomic E-state index is 0.385. The lowest BCUT2D eigenvalue weighted by Crippen LogP contribution is -2.17. The molecule has 0 heterocycles. The van der Waals surface area contributed by atoms with Gasteiger partial charge in [-0.3, -0.25) is 4.79 Å². The second-order valence-corrected chi connectivity index (χ2v) is 5.57. The quantitative estimate of drug-likeness (QED) is 0.608. The molecular formula is C16H18N2OS. The molecule has 104 valence electrons. The standard InChI is InChI=1S/C16H18N2OS/c17-16(19)14-8-6-13(7-9-14)12-18-10-11-20-15-4-2-1-3-5-15/h1-9,18H,10-12H2,(H2,17,19). The molecule has 0 spiro atoms. The minimum atomic E-state index is -0.385. The molecule has 0 unspecified atom stereocenters. The van der Waals surface area contributed by atoms with E-state index in [1.165, 1.54) is 4.90 Å². The number of hydrogen-bond acceptors (Lipinski definition) is 3. The molecule has 0 aromatic heterocycles. The predicted molar refractivity (Wildman–Crippen MR) is 83.8 cm³/mol. The maximum absolute atomic E-state index is 11.0. The van der Waals surface area contributed by atoms with Crippen molar-refractivity contribution in [2.45, 2.75) is 11.4 Å². The summed E-state index contributed by atoms with van der Waals surface area (Å²) < 4.78 is 0. The molecule has 3 N–H and O–H groups in total. The molecule has 3 nitrogen and oxygen atoms in total. The summed E-state index contributed by atoms with van der Waals surface area (Å²) in [6.07, 6.45) is 0. The van der Waals surface area contributed by atoms with Gasteiger partial charge in [0.1, 0.15) is 0 Å². The van der Waals surface area contributed by atoms with Crippen LogP contribution in [0.2, 0.25) is 0 Å². The highest BCUT2D eigenvalue weighted by molar-refractivity contribution is 7.99. The Morgan fingerprint density at radius 2 is 1.75 bits per heavy atom. The smallest absolute Gasteiger partial charge is 0.248 e. The van der Waals surface area contributed by atoms with Crippen LogP contribution in [0, 0.1) is 0 Å². The Morgan fingerprint density at radius 3 is 2.40 bits per heavy atom. The Balaban J connectivity index is 1.67. The number of primary amides is 1. The molecule has 0 bridgehead atoms. The number of benzene rings is 2. The molecule has 0 fully saturated rings. The van der Waals surface area contributed by atoms with Gasteiger partial charge in [0.2, 0.25) is 5.91 Å². The Hall–Kier alpha value is -1.78. The van der Waals surface area contributed by atoms with Gasteiger partial charge in [-0.05, 0) is 29.8 Å². The predicted octanol–water partition coefficient (Wildman–Crippen LogP) is 2.67. The summed E-state index contributed by atoms with van der Waals surface area (Å²) in [5.41, 5.74) is 6.90. The number of thioether (sulfide) groups is 1. The second kappa shape index (κ2) is 7.72. The van der Waals surface area contributed by atoms with Gasteiger partial charge < -0.3 is 11.1 Å². The van der Waals surface area contributed by atoms with Crippen molar-refractivity contribution in [3.8, 4) is 0 Å². The van der Waals surface area contributed by atoms with Gasteiger partial charge in [0, 0.05) is 29.3 Å². The number of amides is 1. The monoisotopic (exact) mass is 286 g/mol. The molecule has 1 amide bonds. The summed E-state index contributed by atoms with van der Waals surface area (Å²) in [5.74, 6) is 0.646. The van der Waals surface area contributed by atoms with Crippen molar-refractivity contribution in [2.75, 3.05) is 12.3 Å². The van der Waals surface area contributed by atoms with Crippen LogP contribution in [0.15, 0.2) is 59.5 Å². The molecule has 0 radical (unpaired) electrons. The summed E-state index contributed by atoms with van der Waals surface area (Å²) in [4.78, 5) is 12.2. The van der Waals surface area contributed by atoms with E-state index in [1.54, 1.807) is 12.1 Å².